The van der Waals surface area contributed by atoms with Crippen LogP contribution in [0.15, 0.2) is 40.0 Å². The molecule has 1 aromatic carbocycles. The summed E-state index contributed by atoms with van der Waals surface area (Å²) in [6.45, 7) is 3.76. The summed E-state index contributed by atoms with van der Waals surface area (Å²) < 4.78 is 28.3. The van der Waals surface area contributed by atoms with Crippen LogP contribution in [-0.2, 0) is 10.0 Å². The van der Waals surface area contributed by atoms with Crippen molar-refractivity contribution in [1.29, 1.82) is 0 Å². The predicted molar refractivity (Wildman–Crippen MR) is 100 cm³/mol. The molecule has 0 bridgehead atoms. The zero-order valence-electron chi connectivity index (χ0n) is 12.4. The van der Waals surface area contributed by atoms with Gasteiger partial charge in [-0.25, -0.2) is 8.42 Å². The number of rotatable bonds is 2. The zero-order chi connectivity index (χ0) is 15.0. The van der Waals surface area contributed by atoms with Gasteiger partial charge in [0.25, 0.3) is 0 Å². The van der Waals surface area contributed by atoms with Crippen molar-refractivity contribution in [2.45, 2.75) is 17.9 Å². The van der Waals surface area contributed by atoms with Crippen LogP contribution in [0, 0.1) is 0 Å². The molecule has 9 heteroatoms. The number of pyridine rings is 1. The van der Waals surface area contributed by atoms with Gasteiger partial charge in [0.2, 0.25) is 10.0 Å². The molecule has 2 heterocycles. The highest BCUT2D eigenvalue weighted by Crippen LogP contribution is 2.31. The SMILES string of the molecule is CC1CNCCN1S(=O)(=O)c1cccc2cncc(Br)c12.Cl.Cl. The fraction of sp³-hybridized carbons (Fsp3) is 0.357. The highest BCUT2D eigenvalue weighted by Gasteiger charge is 2.32. The summed E-state index contributed by atoms with van der Waals surface area (Å²) in [6.07, 6.45) is 3.31. The van der Waals surface area contributed by atoms with Crippen molar-refractivity contribution >= 4 is 61.5 Å². The third kappa shape index (κ3) is 3.81. The first kappa shape index (κ1) is 20.6. The van der Waals surface area contributed by atoms with Crippen molar-refractivity contribution in [2.75, 3.05) is 19.6 Å². The van der Waals surface area contributed by atoms with Crippen molar-refractivity contribution in [1.82, 2.24) is 14.6 Å². The van der Waals surface area contributed by atoms with Crippen LogP contribution in [0.2, 0.25) is 0 Å². The molecule has 23 heavy (non-hydrogen) atoms. The summed E-state index contributed by atoms with van der Waals surface area (Å²) in [7, 11) is -3.52. The lowest BCUT2D eigenvalue weighted by atomic mass is 10.2. The van der Waals surface area contributed by atoms with E-state index in [1.807, 2.05) is 13.0 Å². The summed E-state index contributed by atoms with van der Waals surface area (Å²) in [5, 5.41) is 4.72. The molecule has 1 atom stereocenters. The summed E-state index contributed by atoms with van der Waals surface area (Å²) >= 11 is 3.42. The van der Waals surface area contributed by atoms with Crippen molar-refractivity contribution < 1.29 is 8.42 Å². The maximum atomic E-state index is 13.0. The van der Waals surface area contributed by atoms with Gasteiger partial charge in [0.05, 0.1) is 4.90 Å². The van der Waals surface area contributed by atoms with E-state index in [9.17, 15) is 8.42 Å². The lowest BCUT2D eigenvalue weighted by molar-refractivity contribution is 0.284. The van der Waals surface area contributed by atoms with E-state index in [0.717, 1.165) is 5.39 Å². The van der Waals surface area contributed by atoms with E-state index in [1.165, 1.54) is 0 Å². The van der Waals surface area contributed by atoms with Gasteiger partial charge in [-0.1, -0.05) is 12.1 Å². The second kappa shape index (κ2) is 8.09. The second-order valence-corrected chi connectivity index (χ2v) is 7.86. The van der Waals surface area contributed by atoms with Gasteiger partial charge < -0.3 is 5.32 Å². The molecule has 1 N–H and O–H groups in total. The number of sulfonamides is 1. The Kier molecular flexibility index (Phi) is 7.25. The highest BCUT2D eigenvalue weighted by atomic mass is 79.9. The Morgan fingerprint density at radius 3 is 2.74 bits per heavy atom. The van der Waals surface area contributed by atoms with Crippen molar-refractivity contribution in [3.05, 3.63) is 35.1 Å². The molecule has 0 radical (unpaired) electrons. The number of nitrogens with one attached hydrogen (secondary N) is 1. The number of fused-ring (bicyclic) bond motifs is 1. The first-order valence-electron chi connectivity index (χ1n) is 6.76. The molecule has 0 saturated carbocycles. The molecule has 1 saturated heterocycles. The molecule has 1 fully saturated rings. The molecule has 1 aliphatic rings. The number of aromatic nitrogens is 1. The standard InChI is InChI=1S/C14H16BrN3O2S.2ClH/c1-10-7-16-5-6-18(10)21(19,20)13-4-2-3-11-8-17-9-12(15)14(11)13;;/h2-4,8-10,16H,5-7H2,1H3;2*1H. The summed E-state index contributed by atoms with van der Waals surface area (Å²) in [4.78, 5) is 4.43. The molecule has 0 amide bonds. The van der Waals surface area contributed by atoms with E-state index in [2.05, 4.69) is 26.2 Å². The van der Waals surface area contributed by atoms with Crippen LogP contribution < -0.4 is 5.32 Å². The zero-order valence-corrected chi connectivity index (χ0v) is 16.4. The maximum Gasteiger partial charge on any atom is 0.244 e. The minimum atomic E-state index is -3.52. The molecule has 1 aromatic heterocycles. The molecular weight excluding hydrogens is 425 g/mol. The first-order chi connectivity index (χ1) is 10.0. The van der Waals surface area contributed by atoms with Gasteiger partial charge in [0.1, 0.15) is 0 Å². The van der Waals surface area contributed by atoms with E-state index in [1.54, 1.807) is 28.8 Å². The lowest BCUT2D eigenvalue weighted by Gasteiger charge is -2.33. The number of nitrogens with zero attached hydrogens (tertiary/aromatic N) is 2. The molecule has 1 aliphatic heterocycles. The lowest BCUT2D eigenvalue weighted by Crippen LogP contribution is -2.52. The van der Waals surface area contributed by atoms with Crippen LogP contribution in [0.5, 0.6) is 0 Å². The number of benzene rings is 1. The van der Waals surface area contributed by atoms with E-state index in [0.29, 0.717) is 34.4 Å². The largest absolute Gasteiger partial charge is 0.314 e. The van der Waals surface area contributed by atoms with Crippen LogP contribution in [0.1, 0.15) is 6.92 Å². The molecule has 2 aromatic rings. The van der Waals surface area contributed by atoms with E-state index >= 15 is 0 Å². The molecule has 3 rings (SSSR count). The van der Waals surface area contributed by atoms with E-state index in [-0.39, 0.29) is 30.9 Å². The number of halogens is 3. The Bertz CT molecular complexity index is 783. The fourth-order valence-electron chi connectivity index (χ4n) is 2.68. The van der Waals surface area contributed by atoms with Crippen molar-refractivity contribution in [3.8, 4) is 0 Å². The number of hydrogen-bond donors (Lipinski definition) is 1. The Morgan fingerprint density at radius 1 is 1.30 bits per heavy atom. The quantitative estimate of drug-likeness (QED) is 0.776. The van der Waals surface area contributed by atoms with Gasteiger partial charge >= 0.3 is 0 Å². The summed E-state index contributed by atoms with van der Waals surface area (Å²) in [6, 6.07) is 5.24. The minimum Gasteiger partial charge on any atom is -0.314 e. The number of piperazine rings is 1. The van der Waals surface area contributed by atoms with Crippen LogP contribution >= 0.6 is 40.7 Å². The van der Waals surface area contributed by atoms with Gasteiger partial charge in [0.15, 0.2) is 0 Å². The Hall–Kier alpha value is -0.440. The van der Waals surface area contributed by atoms with Crippen molar-refractivity contribution in [2.24, 2.45) is 0 Å². The van der Waals surface area contributed by atoms with E-state index in [4.69, 9.17) is 0 Å². The van der Waals surface area contributed by atoms with Gasteiger partial charge in [0, 0.05) is 53.3 Å². The molecule has 1 unspecified atom stereocenters. The normalized spacial score (nSPS) is 19.0. The van der Waals surface area contributed by atoms with E-state index < -0.39 is 10.0 Å². The first-order valence-corrected chi connectivity index (χ1v) is 9.00. The Labute approximate surface area is 156 Å². The van der Waals surface area contributed by atoms with Crippen LogP contribution in [0.3, 0.4) is 0 Å². The average Bonchev–Trinajstić information content (AvgIpc) is 2.47. The average molecular weight is 443 g/mol. The van der Waals surface area contributed by atoms with Gasteiger partial charge in [-0.3, -0.25) is 4.98 Å². The van der Waals surface area contributed by atoms with Crippen molar-refractivity contribution in [3.63, 3.8) is 0 Å². The molecule has 5 nitrogen and oxygen atoms in total. The monoisotopic (exact) mass is 441 g/mol. The van der Waals surface area contributed by atoms with Gasteiger partial charge in [-0.15, -0.1) is 24.8 Å². The fourth-order valence-corrected chi connectivity index (χ4v) is 5.24. The maximum absolute atomic E-state index is 13.0. The molecule has 128 valence electrons. The molecule has 0 spiro atoms. The Morgan fingerprint density at radius 2 is 2.04 bits per heavy atom. The number of hydrogen-bond acceptors (Lipinski definition) is 4. The van der Waals surface area contributed by atoms with Crippen LogP contribution in [-0.4, -0.2) is 43.4 Å². The Balaban J connectivity index is 0.00000132. The third-order valence-electron chi connectivity index (χ3n) is 3.73. The predicted octanol–water partition coefficient (Wildman–Crippen LogP) is 2.82. The summed E-state index contributed by atoms with van der Waals surface area (Å²) in [5.41, 5.74) is 0. The minimum absolute atomic E-state index is 0. The second-order valence-electron chi connectivity index (χ2n) is 5.14. The van der Waals surface area contributed by atoms with Crippen LogP contribution in [0.4, 0.5) is 0 Å². The summed E-state index contributed by atoms with van der Waals surface area (Å²) in [5.74, 6) is 0. The van der Waals surface area contributed by atoms with Crippen LogP contribution in [0.25, 0.3) is 10.8 Å². The third-order valence-corrected chi connectivity index (χ3v) is 6.38. The topological polar surface area (TPSA) is 62.3 Å². The smallest absolute Gasteiger partial charge is 0.244 e. The van der Waals surface area contributed by atoms with Gasteiger partial charge in [-0.2, -0.15) is 4.31 Å². The highest BCUT2D eigenvalue weighted by molar-refractivity contribution is 9.10. The molecular formula is C14H18BrCl2N3O2S. The molecule has 0 aliphatic carbocycles. The van der Waals surface area contributed by atoms with Gasteiger partial charge in [-0.05, 0) is 28.9 Å².